The lowest BCUT2D eigenvalue weighted by atomic mass is 10.1. The molecule has 0 aliphatic heterocycles. The van der Waals surface area contributed by atoms with E-state index >= 15 is 0 Å². The van der Waals surface area contributed by atoms with Crippen molar-refractivity contribution in [1.82, 2.24) is 14.7 Å². The SMILES string of the molecule is CCc1c(C(=O)N(CC)CC(=O)O)cnn1C(C)(C)C. The van der Waals surface area contributed by atoms with Crippen LogP contribution >= 0.6 is 0 Å². The summed E-state index contributed by atoms with van der Waals surface area (Å²) in [6.07, 6.45) is 2.21. The van der Waals surface area contributed by atoms with Crippen LogP contribution in [0.5, 0.6) is 0 Å². The van der Waals surface area contributed by atoms with Crippen LogP contribution < -0.4 is 0 Å². The van der Waals surface area contributed by atoms with Gasteiger partial charge >= 0.3 is 5.97 Å². The summed E-state index contributed by atoms with van der Waals surface area (Å²) in [6, 6.07) is 0. The molecule has 1 aromatic rings. The number of nitrogens with zero attached hydrogens (tertiary/aromatic N) is 3. The molecule has 0 fully saturated rings. The fourth-order valence-corrected chi connectivity index (χ4v) is 2.13. The Morgan fingerprint density at radius 3 is 2.35 bits per heavy atom. The number of carboxylic acid groups (broad SMARTS) is 1. The number of carboxylic acids is 1. The second-order valence-electron chi connectivity index (χ2n) is 5.65. The smallest absolute Gasteiger partial charge is 0.323 e. The minimum absolute atomic E-state index is 0.215. The number of likely N-dealkylation sites (N-methyl/N-ethyl adjacent to an activating group) is 1. The third-order valence-electron chi connectivity index (χ3n) is 3.06. The van der Waals surface area contributed by atoms with Gasteiger partial charge in [0.05, 0.1) is 23.0 Å². The molecule has 112 valence electrons. The van der Waals surface area contributed by atoms with Crippen molar-refractivity contribution in [1.29, 1.82) is 0 Å². The van der Waals surface area contributed by atoms with Crippen LogP contribution in [0, 0.1) is 0 Å². The molecular formula is C14H23N3O3. The van der Waals surface area contributed by atoms with Crippen molar-refractivity contribution in [2.24, 2.45) is 0 Å². The molecule has 1 aromatic heterocycles. The molecule has 0 aliphatic carbocycles. The van der Waals surface area contributed by atoms with Crippen LogP contribution in [0.15, 0.2) is 6.20 Å². The summed E-state index contributed by atoms with van der Waals surface area (Å²) in [6.45, 7) is 9.84. The normalized spacial score (nSPS) is 11.4. The number of aromatic nitrogens is 2. The van der Waals surface area contributed by atoms with Crippen molar-refractivity contribution >= 4 is 11.9 Å². The zero-order valence-corrected chi connectivity index (χ0v) is 12.8. The zero-order chi connectivity index (χ0) is 15.5. The molecule has 0 spiro atoms. The van der Waals surface area contributed by atoms with E-state index in [-0.39, 0.29) is 18.0 Å². The highest BCUT2D eigenvalue weighted by Crippen LogP contribution is 2.20. The lowest BCUT2D eigenvalue weighted by Gasteiger charge is -2.23. The molecule has 0 bridgehead atoms. The molecule has 1 amide bonds. The van der Waals surface area contributed by atoms with Gasteiger partial charge in [-0.05, 0) is 34.1 Å². The van der Waals surface area contributed by atoms with Gasteiger partial charge in [-0.3, -0.25) is 14.3 Å². The van der Waals surface area contributed by atoms with Gasteiger partial charge in [-0.25, -0.2) is 0 Å². The number of hydrogen-bond donors (Lipinski definition) is 1. The first kappa shape index (κ1) is 16.2. The summed E-state index contributed by atoms with van der Waals surface area (Å²) >= 11 is 0. The molecule has 0 atom stereocenters. The van der Waals surface area contributed by atoms with Crippen molar-refractivity contribution < 1.29 is 14.7 Å². The van der Waals surface area contributed by atoms with Crippen LogP contribution in [-0.2, 0) is 16.8 Å². The molecule has 0 saturated carbocycles. The van der Waals surface area contributed by atoms with Gasteiger partial charge in [-0.2, -0.15) is 5.10 Å². The molecule has 0 saturated heterocycles. The van der Waals surface area contributed by atoms with E-state index in [0.29, 0.717) is 18.5 Å². The van der Waals surface area contributed by atoms with Crippen LogP contribution in [0.1, 0.15) is 50.7 Å². The van der Waals surface area contributed by atoms with Crippen molar-refractivity contribution in [3.63, 3.8) is 0 Å². The van der Waals surface area contributed by atoms with Gasteiger partial charge in [0.25, 0.3) is 5.91 Å². The van der Waals surface area contributed by atoms with Gasteiger partial charge in [0.1, 0.15) is 6.54 Å². The van der Waals surface area contributed by atoms with Gasteiger partial charge in [0, 0.05) is 6.54 Å². The first-order valence-corrected chi connectivity index (χ1v) is 6.80. The molecular weight excluding hydrogens is 258 g/mol. The Balaban J connectivity index is 3.16. The number of carbonyl (C=O) groups excluding carboxylic acids is 1. The summed E-state index contributed by atoms with van der Waals surface area (Å²) in [5.41, 5.74) is 1.12. The predicted octanol–water partition coefficient (Wildman–Crippen LogP) is 1.75. The van der Waals surface area contributed by atoms with Gasteiger partial charge in [0.2, 0.25) is 0 Å². The summed E-state index contributed by atoms with van der Waals surface area (Å²) in [5.74, 6) is -1.29. The molecule has 0 aromatic carbocycles. The maximum Gasteiger partial charge on any atom is 0.323 e. The Hall–Kier alpha value is -1.85. The number of rotatable bonds is 5. The molecule has 6 heteroatoms. The van der Waals surface area contributed by atoms with Crippen molar-refractivity contribution in [2.75, 3.05) is 13.1 Å². The molecule has 20 heavy (non-hydrogen) atoms. The average Bonchev–Trinajstić information content (AvgIpc) is 2.78. The highest BCUT2D eigenvalue weighted by molar-refractivity contribution is 5.96. The van der Waals surface area contributed by atoms with Crippen LogP contribution in [0.4, 0.5) is 0 Å². The number of carbonyl (C=O) groups is 2. The van der Waals surface area contributed by atoms with E-state index in [1.807, 2.05) is 32.4 Å². The standard InChI is InChI=1S/C14H23N3O3/c1-6-11-10(8-15-17(11)14(3,4)5)13(20)16(7-2)9-12(18)19/h8H,6-7,9H2,1-5H3,(H,18,19). The number of amides is 1. The molecule has 1 heterocycles. The van der Waals surface area contributed by atoms with E-state index in [9.17, 15) is 9.59 Å². The van der Waals surface area contributed by atoms with Crippen molar-refractivity contribution in [3.8, 4) is 0 Å². The van der Waals surface area contributed by atoms with Crippen molar-refractivity contribution in [2.45, 2.75) is 46.6 Å². The quantitative estimate of drug-likeness (QED) is 0.892. The number of aliphatic carboxylic acids is 1. The van der Waals surface area contributed by atoms with Gasteiger partial charge < -0.3 is 10.0 Å². The first-order chi connectivity index (χ1) is 9.22. The lowest BCUT2D eigenvalue weighted by Crippen LogP contribution is -2.36. The Kier molecular flexibility index (Phi) is 4.92. The van der Waals surface area contributed by atoms with E-state index in [0.717, 1.165) is 5.69 Å². The van der Waals surface area contributed by atoms with Crippen LogP contribution in [0.3, 0.4) is 0 Å². The van der Waals surface area contributed by atoms with E-state index in [1.54, 1.807) is 6.92 Å². The molecule has 0 radical (unpaired) electrons. The Morgan fingerprint density at radius 2 is 1.95 bits per heavy atom. The maximum absolute atomic E-state index is 12.4. The van der Waals surface area contributed by atoms with Crippen LogP contribution in [0.2, 0.25) is 0 Å². The lowest BCUT2D eigenvalue weighted by molar-refractivity contribution is -0.137. The zero-order valence-electron chi connectivity index (χ0n) is 12.8. The maximum atomic E-state index is 12.4. The summed E-state index contributed by atoms with van der Waals surface area (Å²) in [4.78, 5) is 24.6. The minimum atomic E-state index is -1.01. The van der Waals surface area contributed by atoms with Crippen LogP contribution in [0.25, 0.3) is 0 Å². The van der Waals surface area contributed by atoms with Crippen LogP contribution in [-0.4, -0.2) is 44.8 Å². The second-order valence-corrected chi connectivity index (χ2v) is 5.65. The van der Waals surface area contributed by atoms with Crippen molar-refractivity contribution in [3.05, 3.63) is 17.5 Å². The average molecular weight is 281 g/mol. The van der Waals surface area contributed by atoms with E-state index in [1.165, 1.54) is 11.1 Å². The first-order valence-electron chi connectivity index (χ1n) is 6.80. The fraction of sp³-hybridized carbons (Fsp3) is 0.643. The summed E-state index contributed by atoms with van der Waals surface area (Å²) in [5, 5.41) is 13.2. The number of hydrogen-bond acceptors (Lipinski definition) is 3. The highest BCUT2D eigenvalue weighted by Gasteiger charge is 2.26. The Morgan fingerprint density at radius 1 is 1.35 bits per heavy atom. The molecule has 0 unspecified atom stereocenters. The van der Waals surface area contributed by atoms with E-state index < -0.39 is 5.97 Å². The van der Waals surface area contributed by atoms with Gasteiger partial charge in [-0.15, -0.1) is 0 Å². The van der Waals surface area contributed by atoms with E-state index in [4.69, 9.17) is 5.11 Å². The fourth-order valence-electron chi connectivity index (χ4n) is 2.13. The Labute approximate surface area is 119 Å². The second kappa shape index (κ2) is 6.07. The molecule has 1 rings (SSSR count). The third kappa shape index (κ3) is 3.37. The predicted molar refractivity (Wildman–Crippen MR) is 75.8 cm³/mol. The largest absolute Gasteiger partial charge is 0.480 e. The molecule has 6 nitrogen and oxygen atoms in total. The minimum Gasteiger partial charge on any atom is -0.480 e. The molecule has 1 N–H and O–H groups in total. The van der Waals surface area contributed by atoms with Gasteiger partial charge in [-0.1, -0.05) is 6.92 Å². The Bertz CT molecular complexity index is 500. The monoisotopic (exact) mass is 281 g/mol. The molecule has 0 aliphatic rings. The summed E-state index contributed by atoms with van der Waals surface area (Å²) in [7, 11) is 0. The topological polar surface area (TPSA) is 75.4 Å². The third-order valence-corrected chi connectivity index (χ3v) is 3.06. The highest BCUT2D eigenvalue weighted by atomic mass is 16.4. The van der Waals surface area contributed by atoms with E-state index in [2.05, 4.69) is 5.10 Å². The summed E-state index contributed by atoms with van der Waals surface area (Å²) < 4.78 is 1.83. The van der Waals surface area contributed by atoms with Gasteiger partial charge in [0.15, 0.2) is 0 Å².